The molecule has 27 heavy (non-hydrogen) atoms. The first-order chi connectivity index (χ1) is 13.2. The third kappa shape index (κ3) is 5.24. The molecule has 0 aliphatic carbocycles. The van der Waals surface area contributed by atoms with Crippen LogP contribution in [0.5, 0.6) is 5.75 Å². The molecule has 0 saturated carbocycles. The minimum atomic E-state index is -0.397. The Balaban J connectivity index is 1.49. The van der Waals surface area contributed by atoms with Gasteiger partial charge >= 0.3 is 0 Å². The fourth-order valence-electron chi connectivity index (χ4n) is 2.73. The van der Waals surface area contributed by atoms with E-state index in [1.54, 1.807) is 11.5 Å². The molecule has 3 aromatic rings. The van der Waals surface area contributed by atoms with Gasteiger partial charge in [0, 0.05) is 12.0 Å². The number of amides is 1. The van der Waals surface area contributed by atoms with E-state index in [0.29, 0.717) is 19.4 Å². The molecule has 0 aliphatic rings. The number of aromatic nitrogens is 1. The van der Waals surface area contributed by atoms with Crippen molar-refractivity contribution in [2.45, 2.75) is 32.1 Å². The van der Waals surface area contributed by atoms with E-state index in [4.69, 9.17) is 9.94 Å². The number of hydroxylamine groups is 1. The molecule has 7 heteroatoms. The maximum absolute atomic E-state index is 14.3. The Morgan fingerprint density at radius 3 is 2.74 bits per heavy atom. The lowest BCUT2D eigenvalue weighted by Crippen LogP contribution is -2.17. The highest BCUT2D eigenvalue weighted by Gasteiger charge is 2.10. The number of rotatable bonds is 9. The SMILES string of the molecule is O=C(CCCCCCOc1ccc(-c2nc3ccccc3s2)cc1F)NO. The molecule has 5 nitrogen and oxygen atoms in total. The highest BCUT2D eigenvalue weighted by molar-refractivity contribution is 7.21. The topological polar surface area (TPSA) is 71.5 Å². The summed E-state index contributed by atoms with van der Waals surface area (Å²) in [5.74, 6) is -0.535. The molecule has 2 aromatic carbocycles. The van der Waals surface area contributed by atoms with Gasteiger partial charge in [-0.15, -0.1) is 11.3 Å². The van der Waals surface area contributed by atoms with Crippen LogP contribution in [-0.4, -0.2) is 22.7 Å². The third-order valence-electron chi connectivity index (χ3n) is 4.15. The van der Waals surface area contributed by atoms with Gasteiger partial charge in [0.25, 0.3) is 0 Å². The Hall–Kier alpha value is -2.51. The summed E-state index contributed by atoms with van der Waals surface area (Å²) < 4.78 is 20.9. The van der Waals surface area contributed by atoms with Crippen molar-refractivity contribution >= 4 is 27.5 Å². The third-order valence-corrected chi connectivity index (χ3v) is 5.24. The van der Waals surface area contributed by atoms with E-state index in [9.17, 15) is 9.18 Å². The minimum absolute atomic E-state index is 0.236. The molecule has 1 aromatic heterocycles. The van der Waals surface area contributed by atoms with Gasteiger partial charge < -0.3 is 4.74 Å². The van der Waals surface area contributed by atoms with E-state index in [-0.39, 0.29) is 11.7 Å². The molecule has 0 spiro atoms. The molecular weight excluding hydrogens is 367 g/mol. The summed E-state index contributed by atoms with van der Waals surface area (Å²) in [5.41, 5.74) is 3.26. The van der Waals surface area contributed by atoms with Crippen molar-refractivity contribution < 1.29 is 19.1 Å². The van der Waals surface area contributed by atoms with E-state index >= 15 is 0 Å². The van der Waals surface area contributed by atoms with Gasteiger partial charge in [-0.05, 0) is 43.2 Å². The van der Waals surface area contributed by atoms with Crippen LogP contribution in [0.2, 0.25) is 0 Å². The number of para-hydroxylation sites is 1. The normalized spacial score (nSPS) is 10.9. The van der Waals surface area contributed by atoms with Crippen molar-refractivity contribution in [3.8, 4) is 16.3 Å². The van der Waals surface area contributed by atoms with Crippen LogP contribution < -0.4 is 10.2 Å². The van der Waals surface area contributed by atoms with Gasteiger partial charge in [0.05, 0.1) is 16.8 Å². The van der Waals surface area contributed by atoms with Gasteiger partial charge in [-0.1, -0.05) is 25.0 Å². The number of nitrogens with zero attached hydrogens (tertiary/aromatic N) is 1. The Labute approximate surface area is 160 Å². The second-order valence-corrected chi connectivity index (χ2v) is 7.21. The standard InChI is InChI=1S/C20H21FN2O3S/c21-15-13-14(20-22-16-7-4-5-8-18(16)27-20)10-11-17(15)26-12-6-2-1-3-9-19(24)23-25/h4-5,7-8,10-11,13,25H,1-3,6,9,12H2,(H,23,24). The van der Waals surface area contributed by atoms with Crippen LogP contribution in [0.3, 0.4) is 0 Å². The van der Waals surface area contributed by atoms with Gasteiger partial charge in [-0.3, -0.25) is 10.0 Å². The number of benzene rings is 2. The highest BCUT2D eigenvalue weighted by Crippen LogP contribution is 2.32. The summed E-state index contributed by atoms with van der Waals surface area (Å²) in [4.78, 5) is 15.4. The fraction of sp³-hybridized carbons (Fsp3) is 0.300. The van der Waals surface area contributed by atoms with Crippen LogP contribution in [0.4, 0.5) is 4.39 Å². The molecule has 0 unspecified atom stereocenters. The molecule has 0 aliphatic heterocycles. The quantitative estimate of drug-likeness (QED) is 0.309. The van der Waals surface area contributed by atoms with Crippen molar-refractivity contribution in [3.05, 3.63) is 48.3 Å². The number of nitrogens with one attached hydrogen (secondary N) is 1. The van der Waals surface area contributed by atoms with Gasteiger partial charge in [-0.2, -0.15) is 0 Å². The predicted molar refractivity (Wildman–Crippen MR) is 104 cm³/mol. The first-order valence-corrected chi connectivity index (χ1v) is 9.70. The number of unbranched alkanes of at least 4 members (excludes halogenated alkanes) is 3. The minimum Gasteiger partial charge on any atom is -0.491 e. The molecule has 0 radical (unpaired) electrons. The molecule has 142 valence electrons. The molecular formula is C20H21FN2O3S. The van der Waals surface area contributed by atoms with Crippen molar-refractivity contribution in [3.63, 3.8) is 0 Å². The summed E-state index contributed by atoms with van der Waals surface area (Å²) in [6.45, 7) is 0.420. The van der Waals surface area contributed by atoms with Crippen LogP contribution in [0.1, 0.15) is 32.1 Å². The Kier molecular flexibility index (Phi) is 6.73. The fourth-order valence-corrected chi connectivity index (χ4v) is 3.69. The lowest BCUT2D eigenvalue weighted by molar-refractivity contribution is -0.129. The zero-order chi connectivity index (χ0) is 19.1. The van der Waals surface area contributed by atoms with Crippen LogP contribution >= 0.6 is 11.3 Å². The van der Waals surface area contributed by atoms with Crippen molar-refractivity contribution in [2.24, 2.45) is 0 Å². The first-order valence-electron chi connectivity index (χ1n) is 8.88. The second kappa shape index (κ2) is 9.43. The Morgan fingerprint density at radius 2 is 1.96 bits per heavy atom. The highest BCUT2D eigenvalue weighted by atomic mass is 32.1. The van der Waals surface area contributed by atoms with Crippen LogP contribution in [-0.2, 0) is 4.79 Å². The molecule has 0 saturated heterocycles. The summed E-state index contributed by atoms with van der Waals surface area (Å²) in [6, 6.07) is 12.8. The van der Waals surface area contributed by atoms with Crippen molar-refractivity contribution in [1.82, 2.24) is 10.5 Å². The van der Waals surface area contributed by atoms with E-state index in [1.165, 1.54) is 17.4 Å². The second-order valence-electron chi connectivity index (χ2n) is 6.18. The van der Waals surface area contributed by atoms with E-state index in [0.717, 1.165) is 40.1 Å². The zero-order valence-corrected chi connectivity index (χ0v) is 15.6. The molecule has 0 bridgehead atoms. The van der Waals surface area contributed by atoms with Gasteiger partial charge in [0.2, 0.25) is 5.91 Å². The van der Waals surface area contributed by atoms with Crippen molar-refractivity contribution in [2.75, 3.05) is 6.61 Å². The molecule has 1 heterocycles. The van der Waals surface area contributed by atoms with Gasteiger partial charge in [0.1, 0.15) is 5.01 Å². The van der Waals surface area contributed by atoms with E-state index in [2.05, 4.69) is 4.98 Å². The number of fused-ring (bicyclic) bond motifs is 1. The molecule has 0 atom stereocenters. The number of halogens is 1. The largest absolute Gasteiger partial charge is 0.491 e. The van der Waals surface area contributed by atoms with Crippen LogP contribution in [0.15, 0.2) is 42.5 Å². The molecule has 3 rings (SSSR count). The summed E-state index contributed by atoms with van der Waals surface area (Å²) >= 11 is 1.53. The van der Waals surface area contributed by atoms with Crippen LogP contribution in [0.25, 0.3) is 20.8 Å². The number of carbonyl (C=O) groups is 1. The predicted octanol–water partition coefficient (Wildman–Crippen LogP) is 4.94. The number of hydrogen-bond donors (Lipinski definition) is 2. The van der Waals surface area contributed by atoms with Crippen LogP contribution in [0, 0.1) is 5.82 Å². The monoisotopic (exact) mass is 388 g/mol. The maximum Gasteiger partial charge on any atom is 0.243 e. The maximum atomic E-state index is 14.3. The van der Waals surface area contributed by atoms with E-state index < -0.39 is 5.82 Å². The van der Waals surface area contributed by atoms with E-state index in [1.807, 2.05) is 30.3 Å². The van der Waals surface area contributed by atoms with Crippen molar-refractivity contribution in [1.29, 1.82) is 0 Å². The molecule has 0 fully saturated rings. The molecule has 2 N–H and O–H groups in total. The smallest absolute Gasteiger partial charge is 0.243 e. The lowest BCUT2D eigenvalue weighted by Gasteiger charge is -2.08. The average Bonchev–Trinajstić information content (AvgIpc) is 3.12. The lowest BCUT2D eigenvalue weighted by atomic mass is 10.1. The molecule has 1 amide bonds. The summed E-state index contributed by atoms with van der Waals surface area (Å²) in [6.07, 6.45) is 3.52. The Bertz CT molecular complexity index is 880. The summed E-state index contributed by atoms with van der Waals surface area (Å²) in [5, 5.41) is 9.18. The number of ether oxygens (including phenoxy) is 1. The van der Waals surface area contributed by atoms with Gasteiger partial charge in [0.15, 0.2) is 11.6 Å². The average molecular weight is 388 g/mol. The number of hydrogen-bond acceptors (Lipinski definition) is 5. The number of carbonyl (C=O) groups excluding carboxylic acids is 1. The number of thiazole rings is 1. The Morgan fingerprint density at radius 1 is 1.15 bits per heavy atom. The van der Waals surface area contributed by atoms with Gasteiger partial charge in [-0.25, -0.2) is 14.9 Å². The zero-order valence-electron chi connectivity index (χ0n) is 14.8. The first kappa shape index (κ1) is 19.3. The summed E-state index contributed by atoms with van der Waals surface area (Å²) in [7, 11) is 0.